The minimum Gasteiger partial charge on any atom is -0.313 e. The Kier molecular flexibility index (Phi) is 6.71. The van der Waals surface area contributed by atoms with Gasteiger partial charge in [-0.3, -0.25) is 4.21 Å². The molecule has 102 valence electrons. The summed E-state index contributed by atoms with van der Waals surface area (Å²) in [6.07, 6.45) is 5.81. The van der Waals surface area contributed by atoms with Crippen molar-refractivity contribution in [3.8, 4) is 0 Å². The molecule has 0 bridgehead atoms. The van der Waals surface area contributed by atoms with Crippen molar-refractivity contribution in [1.82, 2.24) is 5.32 Å². The maximum absolute atomic E-state index is 12.5. The van der Waals surface area contributed by atoms with Gasteiger partial charge in [-0.2, -0.15) is 0 Å². The third-order valence-electron chi connectivity index (χ3n) is 3.98. The Morgan fingerprint density at radius 3 is 2.65 bits per heavy atom. The molecule has 1 N–H and O–H groups in total. The van der Waals surface area contributed by atoms with Crippen LogP contribution in [0.5, 0.6) is 0 Å². The minimum atomic E-state index is -0.668. The number of rotatable bonds is 6. The fraction of sp³-hybridized carbons (Fsp3) is 1.00. The first kappa shape index (κ1) is 15.2. The standard InChI is InChI=1S/C14H29NOS/c1-5-9-15-13-8-7-11(3)10-14(13)17(16)12(4)6-2/h11-15H,5-10H2,1-4H3. The molecule has 1 aliphatic rings. The lowest BCUT2D eigenvalue weighted by molar-refractivity contribution is 0.313. The molecule has 5 atom stereocenters. The van der Waals surface area contributed by atoms with Gasteiger partial charge in [0.1, 0.15) is 0 Å². The zero-order chi connectivity index (χ0) is 12.8. The highest BCUT2D eigenvalue weighted by Crippen LogP contribution is 2.29. The molecular weight excluding hydrogens is 230 g/mol. The molecular formula is C14H29NOS. The average molecular weight is 259 g/mol. The van der Waals surface area contributed by atoms with Crippen LogP contribution in [0.1, 0.15) is 59.8 Å². The number of hydrogen-bond donors (Lipinski definition) is 1. The Balaban J connectivity index is 2.63. The molecule has 0 aliphatic heterocycles. The van der Waals surface area contributed by atoms with Gasteiger partial charge in [-0.15, -0.1) is 0 Å². The van der Waals surface area contributed by atoms with Gasteiger partial charge in [0.05, 0.1) is 5.25 Å². The van der Waals surface area contributed by atoms with E-state index < -0.39 is 10.8 Å². The van der Waals surface area contributed by atoms with Gasteiger partial charge in [-0.1, -0.05) is 27.7 Å². The first-order chi connectivity index (χ1) is 8.10. The highest BCUT2D eigenvalue weighted by atomic mass is 32.2. The van der Waals surface area contributed by atoms with Crippen LogP contribution >= 0.6 is 0 Å². The topological polar surface area (TPSA) is 29.1 Å². The van der Waals surface area contributed by atoms with Gasteiger partial charge in [0.2, 0.25) is 0 Å². The first-order valence-electron chi connectivity index (χ1n) is 7.22. The Morgan fingerprint density at radius 2 is 2.06 bits per heavy atom. The number of hydrogen-bond acceptors (Lipinski definition) is 2. The second-order valence-corrected chi connectivity index (χ2v) is 7.63. The van der Waals surface area contributed by atoms with E-state index in [1.54, 1.807) is 0 Å². The van der Waals surface area contributed by atoms with Crippen molar-refractivity contribution in [2.45, 2.75) is 76.3 Å². The summed E-state index contributed by atoms with van der Waals surface area (Å²) >= 11 is 0. The summed E-state index contributed by atoms with van der Waals surface area (Å²) in [4.78, 5) is 0. The highest BCUT2D eigenvalue weighted by molar-refractivity contribution is 7.86. The molecule has 0 radical (unpaired) electrons. The monoisotopic (exact) mass is 259 g/mol. The van der Waals surface area contributed by atoms with Crippen LogP contribution in [0.15, 0.2) is 0 Å². The average Bonchev–Trinajstić information content (AvgIpc) is 2.35. The third-order valence-corrected chi connectivity index (χ3v) is 6.22. The van der Waals surface area contributed by atoms with Crippen LogP contribution in [0.3, 0.4) is 0 Å². The molecule has 3 heteroatoms. The molecule has 0 aromatic rings. The minimum absolute atomic E-state index is 0.344. The quantitative estimate of drug-likeness (QED) is 0.794. The zero-order valence-corrected chi connectivity index (χ0v) is 12.7. The summed E-state index contributed by atoms with van der Waals surface area (Å²) in [5, 5.41) is 4.33. The van der Waals surface area contributed by atoms with Crippen LogP contribution in [0.4, 0.5) is 0 Å². The fourth-order valence-corrected chi connectivity index (χ4v) is 4.61. The molecule has 1 saturated carbocycles. The van der Waals surface area contributed by atoms with Crippen LogP contribution in [0, 0.1) is 5.92 Å². The number of nitrogens with one attached hydrogen (secondary N) is 1. The summed E-state index contributed by atoms with van der Waals surface area (Å²) in [5.41, 5.74) is 0. The van der Waals surface area contributed by atoms with E-state index in [0.29, 0.717) is 16.5 Å². The van der Waals surface area contributed by atoms with Crippen LogP contribution in [-0.4, -0.2) is 27.3 Å². The van der Waals surface area contributed by atoms with Gasteiger partial charge in [0.15, 0.2) is 0 Å². The van der Waals surface area contributed by atoms with Gasteiger partial charge in [-0.25, -0.2) is 0 Å². The molecule has 1 aliphatic carbocycles. The Morgan fingerprint density at radius 1 is 1.35 bits per heavy atom. The molecule has 1 fully saturated rings. The van der Waals surface area contributed by atoms with E-state index in [1.807, 2.05) is 0 Å². The fourth-order valence-electron chi connectivity index (χ4n) is 2.61. The molecule has 0 heterocycles. The van der Waals surface area contributed by atoms with Gasteiger partial charge in [0.25, 0.3) is 0 Å². The van der Waals surface area contributed by atoms with Crippen molar-refractivity contribution >= 4 is 10.8 Å². The molecule has 0 aromatic carbocycles. The second kappa shape index (κ2) is 7.52. The van der Waals surface area contributed by atoms with Crippen LogP contribution in [0.2, 0.25) is 0 Å². The van der Waals surface area contributed by atoms with Crippen molar-refractivity contribution in [2.75, 3.05) is 6.54 Å². The summed E-state index contributed by atoms with van der Waals surface area (Å²) in [5.74, 6) is 0.743. The second-order valence-electron chi connectivity index (χ2n) is 5.56. The van der Waals surface area contributed by atoms with E-state index in [-0.39, 0.29) is 0 Å². The summed E-state index contributed by atoms with van der Waals surface area (Å²) in [6.45, 7) is 9.83. The molecule has 0 aromatic heterocycles. The molecule has 17 heavy (non-hydrogen) atoms. The van der Waals surface area contributed by atoms with E-state index in [4.69, 9.17) is 0 Å². The van der Waals surface area contributed by atoms with Crippen molar-refractivity contribution in [1.29, 1.82) is 0 Å². The van der Waals surface area contributed by atoms with E-state index in [9.17, 15) is 4.21 Å². The highest BCUT2D eigenvalue weighted by Gasteiger charge is 2.33. The van der Waals surface area contributed by atoms with Crippen molar-refractivity contribution in [3.63, 3.8) is 0 Å². The SMILES string of the molecule is CCCNC1CCC(C)CC1S(=O)C(C)CC. The largest absolute Gasteiger partial charge is 0.313 e. The van der Waals surface area contributed by atoms with E-state index in [2.05, 4.69) is 33.0 Å². The predicted molar refractivity (Wildman–Crippen MR) is 76.8 cm³/mol. The van der Waals surface area contributed by atoms with Gasteiger partial charge < -0.3 is 5.32 Å². The van der Waals surface area contributed by atoms with Crippen LogP contribution < -0.4 is 5.32 Å². The predicted octanol–water partition coefficient (Wildman–Crippen LogP) is 3.09. The lowest BCUT2D eigenvalue weighted by Gasteiger charge is -2.36. The van der Waals surface area contributed by atoms with E-state index >= 15 is 0 Å². The van der Waals surface area contributed by atoms with E-state index in [0.717, 1.165) is 31.7 Å². The molecule has 0 spiro atoms. The smallest absolute Gasteiger partial charge is 0.0506 e. The van der Waals surface area contributed by atoms with Crippen LogP contribution in [0.25, 0.3) is 0 Å². The third kappa shape index (κ3) is 4.36. The molecule has 0 saturated heterocycles. The Bertz CT molecular complexity index is 242. The molecule has 5 unspecified atom stereocenters. The Hall–Kier alpha value is 0.110. The summed E-state index contributed by atoms with van der Waals surface area (Å²) in [7, 11) is -0.668. The summed E-state index contributed by atoms with van der Waals surface area (Å²) in [6, 6.07) is 0.487. The van der Waals surface area contributed by atoms with Gasteiger partial charge in [-0.05, 0) is 44.6 Å². The molecule has 1 rings (SSSR count). The zero-order valence-electron chi connectivity index (χ0n) is 11.9. The maximum atomic E-state index is 12.5. The Labute approximate surface area is 109 Å². The van der Waals surface area contributed by atoms with Crippen molar-refractivity contribution in [3.05, 3.63) is 0 Å². The summed E-state index contributed by atoms with van der Waals surface area (Å²) < 4.78 is 12.5. The lowest BCUT2D eigenvalue weighted by atomic mass is 9.87. The lowest BCUT2D eigenvalue weighted by Crippen LogP contribution is -2.47. The van der Waals surface area contributed by atoms with Gasteiger partial charge >= 0.3 is 0 Å². The molecule has 2 nitrogen and oxygen atoms in total. The van der Waals surface area contributed by atoms with Crippen molar-refractivity contribution in [2.24, 2.45) is 5.92 Å². The van der Waals surface area contributed by atoms with E-state index in [1.165, 1.54) is 12.8 Å². The van der Waals surface area contributed by atoms with Gasteiger partial charge in [0, 0.05) is 22.1 Å². The maximum Gasteiger partial charge on any atom is 0.0506 e. The molecule has 0 amide bonds. The normalized spacial score (nSPS) is 33.3. The first-order valence-corrected chi connectivity index (χ1v) is 8.50. The van der Waals surface area contributed by atoms with Crippen LogP contribution in [-0.2, 0) is 10.8 Å². The van der Waals surface area contributed by atoms with Crippen molar-refractivity contribution < 1.29 is 4.21 Å².